The summed E-state index contributed by atoms with van der Waals surface area (Å²) >= 11 is 0. The van der Waals surface area contributed by atoms with Gasteiger partial charge in [-0.2, -0.15) is 4.31 Å². The van der Waals surface area contributed by atoms with Crippen LogP contribution in [0.2, 0.25) is 0 Å². The highest BCUT2D eigenvalue weighted by Gasteiger charge is 2.33. The molecule has 1 N–H and O–H groups in total. The first-order valence-electron chi connectivity index (χ1n) is 9.94. The second kappa shape index (κ2) is 8.14. The van der Waals surface area contributed by atoms with Crippen LogP contribution in [0.25, 0.3) is 0 Å². The maximum Gasteiger partial charge on any atom is 0.265 e. The smallest absolute Gasteiger partial charge is 0.265 e. The highest BCUT2D eigenvalue weighted by atomic mass is 32.2. The number of halogens is 2. The molecule has 32 heavy (non-hydrogen) atoms. The number of hydrogen-bond acceptors (Lipinski definition) is 5. The zero-order chi connectivity index (χ0) is 23.2. The first kappa shape index (κ1) is 22.2. The number of anilines is 1. The van der Waals surface area contributed by atoms with Gasteiger partial charge in [-0.05, 0) is 43.7 Å². The van der Waals surface area contributed by atoms with E-state index in [1.807, 2.05) is 0 Å². The van der Waals surface area contributed by atoms with E-state index in [0.29, 0.717) is 11.3 Å². The van der Waals surface area contributed by atoms with E-state index >= 15 is 0 Å². The highest BCUT2D eigenvalue weighted by Crippen LogP contribution is 2.35. The Bertz CT molecular complexity index is 1210. The van der Waals surface area contributed by atoms with Crippen LogP contribution < -0.4 is 10.1 Å². The van der Waals surface area contributed by atoms with Crippen LogP contribution in [0.5, 0.6) is 5.75 Å². The number of carbonyl (C=O) groups excluding carboxylic acids is 2. The molecule has 2 aliphatic heterocycles. The standard InChI is InChI=1S/C21H21F2N3O5S/c1-12-9-17-18(31-13(2)20(27)24-17)11-19(12)32(29,30)26-7-5-25(6-8-26)21(28)14-3-4-15(22)16(23)10-14/h3-4,9-11,13H,5-8H2,1-2H3,(H,24,27). The van der Waals surface area contributed by atoms with Gasteiger partial charge in [0.15, 0.2) is 17.7 Å². The van der Waals surface area contributed by atoms with Gasteiger partial charge in [-0.15, -0.1) is 0 Å². The summed E-state index contributed by atoms with van der Waals surface area (Å²) in [6.45, 7) is 3.48. The summed E-state index contributed by atoms with van der Waals surface area (Å²) < 4.78 is 59.9. The molecule has 0 saturated carbocycles. The van der Waals surface area contributed by atoms with Crippen molar-refractivity contribution in [3.8, 4) is 5.75 Å². The maximum absolute atomic E-state index is 13.4. The maximum atomic E-state index is 13.4. The molecule has 0 bridgehead atoms. The minimum absolute atomic E-state index is 0.000875. The van der Waals surface area contributed by atoms with Crippen molar-refractivity contribution >= 4 is 27.5 Å². The largest absolute Gasteiger partial charge is 0.479 e. The molecule has 0 spiro atoms. The molecule has 4 rings (SSSR count). The van der Waals surface area contributed by atoms with Crippen molar-refractivity contribution in [2.75, 3.05) is 31.5 Å². The lowest BCUT2D eigenvalue weighted by Gasteiger charge is -2.34. The summed E-state index contributed by atoms with van der Waals surface area (Å²) in [7, 11) is -3.89. The van der Waals surface area contributed by atoms with Crippen LogP contribution in [0.1, 0.15) is 22.8 Å². The average Bonchev–Trinajstić information content (AvgIpc) is 2.76. The van der Waals surface area contributed by atoms with E-state index < -0.39 is 33.7 Å². The summed E-state index contributed by atoms with van der Waals surface area (Å²) in [6.07, 6.45) is -0.744. The molecule has 0 radical (unpaired) electrons. The van der Waals surface area contributed by atoms with Gasteiger partial charge in [-0.25, -0.2) is 17.2 Å². The number of carbonyl (C=O) groups is 2. The fraction of sp³-hybridized carbons (Fsp3) is 0.333. The van der Waals surface area contributed by atoms with Gasteiger partial charge in [0.1, 0.15) is 5.75 Å². The fourth-order valence-electron chi connectivity index (χ4n) is 3.70. The fourth-order valence-corrected chi connectivity index (χ4v) is 5.35. The van der Waals surface area contributed by atoms with Crippen molar-refractivity contribution < 1.29 is 31.5 Å². The van der Waals surface area contributed by atoms with Gasteiger partial charge >= 0.3 is 0 Å². The van der Waals surface area contributed by atoms with E-state index in [9.17, 15) is 26.8 Å². The van der Waals surface area contributed by atoms with Gasteiger partial charge in [0.05, 0.1) is 10.6 Å². The molecule has 1 unspecified atom stereocenters. The van der Waals surface area contributed by atoms with Crippen LogP contribution >= 0.6 is 0 Å². The van der Waals surface area contributed by atoms with E-state index in [-0.39, 0.29) is 48.3 Å². The van der Waals surface area contributed by atoms with Crippen LogP contribution in [0, 0.1) is 18.6 Å². The zero-order valence-corrected chi connectivity index (χ0v) is 18.2. The molecule has 1 saturated heterocycles. The van der Waals surface area contributed by atoms with Crippen molar-refractivity contribution in [3.63, 3.8) is 0 Å². The van der Waals surface area contributed by atoms with E-state index in [1.165, 1.54) is 21.3 Å². The molecular weight excluding hydrogens is 444 g/mol. The molecule has 11 heteroatoms. The molecule has 170 valence electrons. The zero-order valence-electron chi connectivity index (χ0n) is 17.4. The van der Waals surface area contributed by atoms with Crippen LogP contribution in [-0.2, 0) is 14.8 Å². The Morgan fingerprint density at radius 3 is 2.44 bits per heavy atom. The lowest BCUT2D eigenvalue weighted by atomic mass is 10.1. The third-order valence-corrected chi connectivity index (χ3v) is 7.56. The number of piperazine rings is 1. The number of aryl methyl sites for hydroxylation is 1. The normalized spacial score (nSPS) is 19.2. The van der Waals surface area contributed by atoms with Gasteiger partial charge in [0, 0.05) is 37.8 Å². The Balaban J connectivity index is 1.51. The molecule has 2 heterocycles. The van der Waals surface area contributed by atoms with Gasteiger partial charge < -0.3 is 15.0 Å². The number of nitrogens with zero attached hydrogens (tertiary/aromatic N) is 2. The van der Waals surface area contributed by atoms with E-state index in [4.69, 9.17) is 4.74 Å². The number of nitrogens with one attached hydrogen (secondary N) is 1. The van der Waals surface area contributed by atoms with Crippen LogP contribution in [-0.4, -0.2) is 61.7 Å². The molecule has 2 aliphatic rings. The summed E-state index contributed by atoms with van der Waals surface area (Å²) in [4.78, 5) is 25.8. The van der Waals surface area contributed by atoms with E-state index in [1.54, 1.807) is 19.9 Å². The summed E-state index contributed by atoms with van der Waals surface area (Å²) in [5.74, 6) is -2.70. The van der Waals surface area contributed by atoms with Crippen molar-refractivity contribution in [2.45, 2.75) is 24.8 Å². The minimum Gasteiger partial charge on any atom is -0.479 e. The Labute approximate surface area is 183 Å². The SMILES string of the molecule is Cc1cc2c(cc1S(=O)(=O)N1CCN(C(=O)c3ccc(F)c(F)c3)CC1)OC(C)C(=O)N2. The number of fused-ring (bicyclic) bond motifs is 1. The predicted molar refractivity (Wildman–Crippen MR) is 111 cm³/mol. The quantitative estimate of drug-likeness (QED) is 0.750. The van der Waals surface area contributed by atoms with Crippen LogP contribution in [0.3, 0.4) is 0 Å². The van der Waals surface area contributed by atoms with Crippen molar-refractivity contribution in [2.24, 2.45) is 0 Å². The summed E-state index contributed by atoms with van der Waals surface area (Å²) in [5.41, 5.74) is 0.855. The van der Waals surface area contributed by atoms with Gasteiger partial charge in [0.25, 0.3) is 11.8 Å². The number of sulfonamides is 1. The van der Waals surface area contributed by atoms with Crippen LogP contribution in [0.15, 0.2) is 35.2 Å². The molecule has 2 amide bonds. The molecular formula is C21H21F2N3O5S. The van der Waals surface area contributed by atoms with E-state index in [0.717, 1.165) is 12.1 Å². The van der Waals surface area contributed by atoms with Crippen LogP contribution in [0.4, 0.5) is 14.5 Å². The second-order valence-corrected chi connectivity index (χ2v) is 9.59. The molecule has 1 fully saturated rings. The Kier molecular flexibility index (Phi) is 5.63. The first-order valence-corrected chi connectivity index (χ1v) is 11.4. The number of rotatable bonds is 3. The molecule has 0 aliphatic carbocycles. The third kappa shape index (κ3) is 3.93. The lowest BCUT2D eigenvalue weighted by Crippen LogP contribution is -2.50. The Morgan fingerprint density at radius 2 is 1.78 bits per heavy atom. The molecule has 2 aromatic rings. The van der Waals surface area contributed by atoms with Crippen molar-refractivity contribution in [1.29, 1.82) is 0 Å². The molecule has 2 aromatic carbocycles. The third-order valence-electron chi connectivity index (χ3n) is 5.52. The monoisotopic (exact) mass is 465 g/mol. The van der Waals surface area contributed by atoms with Gasteiger partial charge in [-0.3, -0.25) is 9.59 Å². The molecule has 1 atom stereocenters. The Hall–Kier alpha value is -3.05. The van der Waals surface area contributed by atoms with Crippen molar-refractivity contribution in [3.05, 3.63) is 53.1 Å². The summed E-state index contributed by atoms with van der Waals surface area (Å²) in [6, 6.07) is 5.86. The lowest BCUT2D eigenvalue weighted by molar-refractivity contribution is -0.122. The predicted octanol–water partition coefficient (Wildman–Crippen LogP) is 2.14. The summed E-state index contributed by atoms with van der Waals surface area (Å²) in [5, 5.41) is 2.68. The molecule has 8 nitrogen and oxygen atoms in total. The van der Waals surface area contributed by atoms with Crippen molar-refractivity contribution in [1.82, 2.24) is 9.21 Å². The average molecular weight is 465 g/mol. The van der Waals surface area contributed by atoms with E-state index in [2.05, 4.69) is 5.32 Å². The van der Waals surface area contributed by atoms with Gasteiger partial charge in [0.2, 0.25) is 10.0 Å². The highest BCUT2D eigenvalue weighted by molar-refractivity contribution is 7.89. The molecule has 0 aromatic heterocycles. The number of hydrogen-bond donors (Lipinski definition) is 1. The number of benzene rings is 2. The second-order valence-electron chi connectivity index (χ2n) is 7.69. The van der Waals surface area contributed by atoms with Gasteiger partial charge in [-0.1, -0.05) is 0 Å². The number of amides is 2. The minimum atomic E-state index is -3.89. The Morgan fingerprint density at radius 1 is 1.09 bits per heavy atom. The first-order chi connectivity index (χ1) is 15.1. The topological polar surface area (TPSA) is 96.0 Å². The number of ether oxygens (including phenoxy) is 1.